The van der Waals surface area contributed by atoms with Gasteiger partial charge in [-0.25, -0.2) is 8.42 Å². The zero-order valence-corrected chi connectivity index (χ0v) is 15.7. The Kier molecular flexibility index (Phi) is 6.00. The van der Waals surface area contributed by atoms with Crippen LogP contribution < -0.4 is 4.90 Å². The van der Waals surface area contributed by atoms with E-state index in [1.54, 1.807) is 0 Å². The third-order valence-corrected chi connectivity index (χ3v) is 5.92. The van der Waals surface area contributed by atoms with Crippen LogP contribution in [-0.2, 0) is 10.0 Å². The van der Waals surface area contributed by atoms with Crippen molar-refractivity contribution in [3.05, 3.63) is 76.7 Å². The molecule has 0 unspecified atom stereocenters. The van der Waals surface area contributed by atoms with Gasteiger partial charge in [-0.15, -0.1) is 0 Å². The zero-order valence-electron chi connectivity index (χ0n) is 14.2. The quantitative estimate of drug-likeness (QED) is 0.759. The summed E-state index contributed by atoms with van der Waals surface area (Å²) in [5.74, 6) is 5.69. The van der Waals surface area contributed by atoms with Crippen LogP contribution in [0.1, 0.15) is 5.56 Å². The van der Waals surface area contributed by atoms with Crippen molar-refractivity contribution in [2.45, 2.75) is 0 Å². The maximum atomic E-state index is 12.4. The number of halogens is 1. The van der Waals surface area contributed by atoms with Crippen molar-refractivity contribution >= 4 is 27.3 Å². The van der Waals surface area contributed by atoms with Crippen molar-refractivity contribution in [2.24, 2.45) is 0 Å². The van der Waals surface area contributed by atoms with Gasteiger partial charge in [0.15, 0.2) is 0 Å². The molecule has 1 heterocycles. The van der Waals surface area contributed by atoms with E-state index in [0.717, 1.165) is 11.3 Å². The Balaban J connectivity index is 1.58. The van der Waals surface area contributed by atoms with Gasteiger partial charge in [0.2, 0.25) is 10.0 Å². The molecule has 1 saturated heterocycles. The molecule has 0 radical (unpaired) electrons. The second kappa shape index (κ2) is 8.41. The third-order valence-electron chi connectivity index (χ3n) is 4.10. The first kappa shape index (κ1) is 18.5. The van der Waals surface area contributed by atoms with Gasteiger partial charge < -0.3 is 4.90 Å². The Morgan fingerprint density at radius 3 is 2.23 bits per heavy atom. The first-order valence-electron chi connectivity index (χ1n) is 8.28. The first-order valence-corrected chi connectivity index (χ1v) is 10.2. The SMILES string of the molecule is O=S(=O)(/C=C/C#Cc1ccccc1)N1CCN(c2ccc(Cl)cc2)CC1. The maximum Gasteiger partial charge on any atom is 0.236 e. The molecule has 1 aliphatic rings. The van der Waals surface area contributed by atoms with Crippen molar-refractivity contribution in [3.63, 3.8) is 0 Å². The molecule has 4 nitrogen and oxygen atoms in total. The lowest BCUT2D eigenvalue weighted by atomic mass is 10.2. The number of allylic oxidation sites excluding steroid dienone is 1. The van der Waals surface area contributed by atoms with Crippen LogP contribution >= 0.6 is 11.6 Å². The number of rotatable bonds is 3. The summed E-state index contributed by atoms with van der Waals surface area (Å²) in [5.41, 5.74) is 1.90. The van der Waals surface area contributed by atoms with Crippen LogP contribution in [0.5, 0.6) is 0 Å². The third kappa shape index (κ3) is 4.89. The van der Waals surface area contributed by atoms with Crippen LogP contribution in [0.15, 0.2) is 66.1 Å². The van der Waals surface area contributed by atoms with Gasteiger partial charge in [0.1, 0.15) is 0 Å². The summed E-state index contributed by atoms with van der Waals surface area (Å²) in [4.78, 5) is 2.15. The highest BCUT2D eigenvalue weighted by Gasteiger charge is 2.24. The molecule has 6 heteroatoms. The highest BCUT2D eigenvalue weighted by atomic mass is 35.5. The molecule has 0 amide bonds. The minimum atomic E-state index is -3.45. The number of benzene rings is 2. The number of hydrogen-bond donors (Lipinski definition) is 0. The van der Waals surface area contributed by atoms with Crippen molar-refractivity contribution in [1.29, 1.82) is 0 Å². The van der Waals surface area contributed by atoms with Crippen molar-refractivity contribution in [1.82, 2.24) is 4.31 Å². The largest absolute Gasteiger partial charge is 0.369 e. The second-order valence-electron chi connectivity index (χ2n) is 5.85. The average Bonchev–Trinajstić information content (AvgIpc) is 2.67. The van der Waals surface area contributed by atoms with Gasteiger partial charge in [0.05, 0.1) is 5.41 Å². The molecule has 0 aliphatic carbocycles. The Bertz CT molecular complexity index is 921. The molecule has 0 bridgehead atoms. The zero-order chi connectivity index (χ0) is 18.4. The molecule has 26 heavy (non-hydrogen) atoms. The van der Waals surface area contributed by atoms with Gasteiger partial charge in [-0.3, -0.25) is 0 Å². The van der Waals surface area contributed by atoms with Gasteiger partial charge in [-0.1, -0.05) is 41.6 Å². The first-order chi connectivity index (χ1) is 12.5. The van der Waals surface area contributed by atoms with E-state index in [0.29, 0.717) is 31.2 Å². The van der Waals surface area contributed by atoms with Crippen LogP contribution in [0.3, 0.4) is 0 Å². The molecule has 1 aliphatic heterocycles. The fraction of sp³-hybridized carbons (Fsp3) is 0.200. The summed E-state index contributed by atoms with van der Waals surface area (Å²) in [6.45, 7) is 2.18. The van der Waals surface area contributed by atoms with Crippen LogP contribution in [0.25, 0.3) is 0 Å². The van der Waals surface area contributed by atoms with E-state index < -0.39 is 10.0 Å². The fourth-order valence-corrected chi connectivity index (χ4v) is 3.92. The summed E-state index contributed by atoms with van der Waals surface area (Å²) in [6.07, 6.45) is 1.40. The molecule has 2 aromatic rings. The molecule has 0 N–H and O–H groups in total. The molecule has 0 atom stereocenters. The van der Waals surface area contributed by atoms with Crippen molar-refractivity contribution in [3.8, 4) is 11.8 Å². The molecule has 1 fully saturated rings. The van der Waals surface area contributed by atoms with Gasteiger partial charge in [0, 0.05) is 48.5 Å². The van der Waals surface area contributed by atoms with Gasteiger partial charge >= 0.3 is 0 Å². The minimum Gasteiger partial charge on any atom is -0.369 e. The number of anilines is 1. The summed E-state index contributed by atoms with van der Waals surface area (Å²) in [7, 11) is -3.45. The normalized spacial score (nSPS) is 15.7. The molecular formula is C20H19ClN2O2S. The topological polar surface area (TPSA) is 40.6 Å². The smallest absolute Gasteiger partial charge is 0.236 e. The molecule has 0 aromatic heterocycles. The standard InChI is InChI=1S/C20H19ClN2O2S/c21-19-9-11-20(12-10-19)22-13-15-23(16-14-22)26(24,25)17-5-4-8-18-6-2-1-3-7-18/h1-3,5-7,9-12,17H,13-16H2/b17-5+. The summed E-state index contributed by atoms with van der Waals surface area (Å²) in [5, 5.41) is 1.87. The van der Waals surface area contributed by atoms with E-state index in [1.807, 2.05) is 54.6 Å². The monoisotopic (exact) mass is 386 g/mol. The predicted molar refractivity (Wildman–Crippen MR) is 107 cm³/mol. The highest BCUT2D eigenvalue weighted by molar-refractivity contribution is 7.92. The lowest BCUT2D eigenvalue weighted by molar-refractivity contribution is 0.390. The van der Waals surface area contributed by atoms with Crippen LogP contribution in [0, 0.1) is 11.8 Å². The maximum absolute atomic E-state index is 12.4. The predicted octanol–water partition coefficient (Wildman–Crippen LogP) is 3.36. The highest BCUT2D eigenvalue weighted by Crippen LogP contribution is 2.20. The lowest BCUT2D eigenvalue weighted by Gasteiger charge is -2.34. The summed E-state index contributed by atoms with van der Waals surface area (Å²) in [6, 6.07) is 17.0. The average molecular weight is 387 g/mol. The molecular weight excluding hydrogens is 368 g/mol. The fourth-order valence-electron chi connectivity index (χ4n) is 2.71. The Hall–Kier alpha value is -2.26. The van der Waals surface area contributed by atoms with Gasteiger partial charge in [-0.2, -0.15) is 4.31 Å². The van der Waals surface area contributed by atoms with Crippen LogP contribution in [-0.4, -0.2) is 38.9 Å². The molecule has 0 spiro atoms. The molecule has 134 valence electrons. The lowest BCUT2D eigenvalue weighted by Crippen LogP contribution is -2.48. The number of sulfonamides is 1. The van der Waals surface area contributed by atoms with E-state index in [4.69, 9.17) is 11.6 Å². The van der Waals surface area contributed by atoms with E-state index >= 15 is 0 Å². The Labute approximate surface area is 159 Å². The Morgan fingerprint density at radius 2 is 1.58 bits per heavy atom. The van der Waals surface area contributed by atoms with Crippen LogP contribution in [0.2, 0.25) is 5.02 Å². The summed E-state index contributed by atoms with van der Waals surface area (Å²) >= 11 is 5.91. The van der Waals surface area contributed by atoms with Gasteiger partial charge in [-0.05, 0) is 36.4 Å². The molecule has 2 aromatic carbocycles. The Morgan fingerprint density at radius 1 is 0.923 bits per heavy atom. The molecule has 0 saturated carbocycles. The van der Waals surface area contributed by atoms with E-state index in [9.17, 15) is 8.42 Å². The van der Waals surface area contributed by atoms with Crippen LogP contribution in [0.4, 0.5) is 5.69 Å². The second-order valence-corrected chi connectivity index (χ2v) is 8.10. The van der Waals surface area contributed by atoms with E-state index in [2.05, 4.69) is 16.7 Å². The van der Waals surface area contributed by atoms with E-state index in [1.165, 1.54) is 15.8 Å². The number of hydrogen-bond acceptors (Lipinski definition) is 3. The van der Waals surface area contributed by atoms with Crippen molar-refractivity contribution in [2.75, 3.05) is 31.1 Å². The number of nitrogens with zero attached hydrogens (tertiary/aromatic N) is 2. The van der Waals surface area contributed by atoms with Crippen molar-refractivity contribution < 1.29 is 8.42 Å². The number of piperazine rings is 1. The summed E-state index contributed by atoms with van der Waals surface area (Å²) < 4.78 is 26.3. The van der Waals surface area contributed by atoms with E-state index in [-0.39, 0.29) is 0 Å². The molecule has 3 rings (SSSR count). The van der Waals surface area contributed by atoms with Gasteiger partial charge in [0.25, 0.3) is 0 Å². The minimum absolute atomic E-state index is 0.446.